The van der Waals surface area contributed by atoms with E-state index in [1.807, 2.05) is 6.92 Å². The van der Waals surface area contributed by atoms with Gasteiger partial charge in [-0.2, -0.15) is 5.10 Å². The largest absolute Gasteiger partial charge is 0.359 e. The molecule has 6 heteroatoms. The highest BCUT2D eigenvalue weighted by atomic mass is 16.1. The van der Waals surface area contributed by atoms with Crippen molar-refractivity contribution in [1.29, 1.82) is 0 Å². The van der Waals surface area contributed by atoms with Gasteiger partial charge in [-0.3, -0.25) is 4.79 Å². The summed E-state index contributed by atoms with van der Waals surface area (Å²) in [7, 11) is 3.35. The van der Waals surface area contributed by atoms with Crippen molar-refractivity contribution in [3.05, 3.63) is 0 Å². The molecule has 0 aromatic carbocycles. The van der Waals surface area contributed by atoms with Crippen molar-refractivity contribution in [3.8, 4) is 0 Å². The SMILES string of the molecule is CC=NNNC.CNC(=O)CCN. The first-order chi connectivity index (χ1) is 6.22. The number of carbonyl (C=O) groups is 1. The lowest BCUT2D eigenvalue weighted by Gasteiger charge is -1.91. The number of hydrazone groups is 1. The minimum Gasteiger partial charge on any atom is -0.359 e. The van der Waals surface area contributed by atoms with E-state index in [9.17, 15) is 4.79 Å². The summed E-state index contributed by atoms with van der Waals surface area (Å²) >= 11 is 0. The number of nitrogens with two attached hydrogens (primary N) is 1. The van der Waals surface area contributed by atoms with Gasteiger partial charge in [0, 0.05) is 33.3 Å². The molecular weight excluding hydrogens is 170 g/mol. The molecule has 0 aromatic rings. The smallest absolute Gasteiger partial charge is 0.221 e. The zero-order valence-corrected chi connectivity index (χ0v) is 8.42. The standard InChI is InChI=1S/C4H10N2O.C3H9N3/c1-6-4(7)2-3-5;1-3-5-6-4-2/h2-3,5H2,1H3,(H,6,7);3-4,6H,1-2H3. The molecule has 0 aliphatic rings. The van der Waals surface area contributed by atoms with E-state index < -0.39 is 0 Å². The van der Waals surface area contributed by atoms with Crippen LogP contribution in [0.25, 0.3) is 0 Å². The number of hydrogen-bond donors (Lipinski definition) is 4. The summed E-state index contributed by atoms with van der Waals surface area (Å²) < 4.78 is 0. The molecule has 0 saturated heterocycles. The fourth-order valence-corrected chi connectivity index (χ4v) is 0.385. The van der Waals surface area contributed by atoms with Crippen molar-refractivity contribution in [2.45, 2.75) is 13.3 Å². The second-order valence-electron chi connectivity index (χ2n) is 1.96. The summed E-state index contributed by atoms with van der Waals surface area (Å²) in [5, 5.41) is 6.05. The molecule has 0 spiro atoms. The second-order valence-corrected chi connectivity index (χ2v) is 1.96. The third kappa shape index (κ3) is 18.1. The molecule has 0 fully saturated rings. The molecule has 13 heavy (non-hydrogen) atoms. The fraction of sp³-hybridized carbons (Fsp3) is 0.714. The Morgan fingerprint density at radius 2 is 2.15 bits per heavy atom. The Labute approximate surface area is 78.9 Å². The topological polar surface area (TPSA) is 91.5 Å². The van der Waals surface area contributed by atoms with E-state index in [0.29, 0.717) is 13.0 Å². The highest BCUT2D eigenvalue weighted by molar-refractivity contribution is 5.75. The van der Waals surface area contributed by atoms with Gasteiger partial charge in [0.2, 0.25) is 5.91 Å². The quantitative estimate of drug-likeness (QED) is 0.330. The number of hydrazine groups is 1. The number of nitrogens with zero attached hydrogens (tertiary/aromatic N) is 1. The van der Waals surface area contributed by atoms with Crippen LogP contribution in [0, 0.1) is 0 Å². The first-order valence-corrected chi connectivity index (χ1v) is 4.03. The molecule has 0 bridgehead atoms. The molecule has 0 atom stereocenters. The van der Waals surface area contributed by atoms with Crippen LogP contribution in [0.15, 0.2) is 5.10 Å². The lowest BCUT2D eigenvalue weighted by molar-refractivity contribution is -0.120. The van der Waals surface area contributed by atoms with Crippen molar-refractivity contribution >= 4 is 12.1 Å². The second kappa shape index (κ2) is 13.4. The monoisotopic (exact) mass is 189 g/mol. The van der Waals surface area contributed by atoms with Crippen LogP contribution in [0.5, 0.6) is 0 Å². The maximum Gasteiger partial charge on any atom is 0.221 e. The van der Waals surface area contributed by atoms with Gasteiger partial charge in [0.25, 0.3) is 0 Å². The Morgan fingerprint density at radius 3 is 2.31 bits per heavy atom. The van der Waals surface area contributed by atoms with Crippen LogP contribution in [-0.4, -0.2) is 32.8 Å². The Balaban J connectivity index is 0. The van der Waals surface area contributed by atoms with Gasteiger partial charge >= 0.3 is 0 Å². The fourth-order valence-electron chi connectivity index (χ4n) is 0.385. The van der Waals surface area contributed by atoms with E-state index in [0.717, 1.165) is 0 Å². The van der Waals surface area contributed by atoms with Crippen LogP contribution in [0.2, 0.25) is 0 Å². The van der Waals surface area contributed by atoms with Crippen LogP contribution >= 0.6 is 0 Å². The zero-order valence-electron chi connectivity index (χ0n) is 8.42. The summed E-state index contributed by atoms with van der Waals surface area (Å²) in [6.07, 6.45) is 2.09. The molecule has 0 unspecified atom stereocenters. The number of rotatable bonds is 4. The molecule has 0 heterocycles. The van der Waals surface area contributed by atoms with E-state index in [1.54, 1.807) is 20.3 Å². The van der Waals surface area contributed by atoms with Gasteiger partial charge in [-0.1, -0.05) is 0 Å². The molecule has 0 aromatic heterocycles. The van der Waals surface area contributed by atoms with E-state index in [4.69, 9.17) is 5.73 Å². The molecule has 0 aliphatic carbocycles. The summed E-state index contributed by atoms with van der Waals surface area (Å²) in [5.41, 5.74) is 10.2. The van der Waals surface area contributed by atoms with Gasteiger partial charge in [-0.15, -0.1) is 0 Å². The third-order valence-corrected chi connectivity index (χ3v) is 0.956. The van der Waals surface area contributed by atoms with Gasteiger partial charge < -0.3 is 11.1 Å². The lowest BCUT2D eigenvalue weighted by Crippen LogP contribution is -2.20. The predicted molar refractivity (Wildman–Crippen MR) is 54.1 cm³/mol. The van der Waals surface area contributed by atoms with Crippen LogP contribution in [0.4, 0.5) is 0 Å². The molecule has 5 N–H and O–H groups in total. The van der Waals surface area contributed by atoms with Crippen LogP contribution in [0.1, 0.15) is 13.3 Å². The third-order valence-electron chi connectivity index (χ3n) is 0.956. The average Bonchev–Trinajstić information content (AvgIpc) is 2.16. The molecule has 6 nitrogen and oxygen atoms in total. The van der Waals surface area contributed by atoms with E-state index in [-0.39, 0.29) is 5.91 Å². The number of carbonyl (C=O) groups excluding carboxylic acids is 1. The first-order valence-electron chi connectivity index (χ1n) is 4.03. The zero-order chi connectivity index (χ0) is 10.5. The Bertz CT molecular complexity index is 137. The van der Waals surface area contributed by atoms with Gasteiger partial charge in [0.1, 0.15) is 0 Å². The molecule has 0 aliphatic heterocycles. The summed E-state index contributed by atoms with van der Waals surface area (Å²) in [5.74, 6) is 0.00231. The maximum absolute atomic E-state index is 10.2. The Morgan fingerprint density at radius 1 is 1.54 bits per heavy atom. The van der Waals surface area contributed by atoms with Crippen LogP contribution in [0.3, 0.4) is 0 Å². The van der Waals surface area contributed by atoms with Crippen molar-refractivity contribution in [2.75, 3.05) is 20.6 Å². The minimum atomic E-state index is 0.00231. The van der Waals surface area contributed by atoms with E-state index in [1.165, 1.54) is 0 Å². The highest BCUT2D eigenvalue weighted by Crippen LogP contribution is 1.68. The molecule has 0 saturated carbocycles. The van der Waals surface area contributed by atoms with Gasteiger partial charge in [-0.25, -0.2) is 11.0 Å². The van der Waals surface area contributed by atoms with Crippen molar-refractivity contribution in [3.63, 3.8) is 0 Å². The average molecular weight is 189 g/mol. The predicted octanol–water partition coefficient (Wildman–Crippen LogP) is -1.20. The van der Waals surface area contributed by atoms with Crippen molar-refractivity contribution in [1.82, 2.24) is 16.3 Å². The molecular formula is C7H19N5O. The summed E-state index contributed by atoms with van der Waals surface area (Å²) in [6, 6.07) is 0. The van der Waals surface area contributed by atoms with Crippen LogP contribution in [-0.2, 0) is 4.79 Å². The number of nitrogens with one attached hydrogen (secondary N) is 3. The number of amides is 1. The molecule has 0 rings (SSSR count). The normalized spacial score (nSPS) is 8.92. The van der Waals surface area contributed by atoms with E-state index >= 15 is 0 Å². The van der Waals surface area contributed by atoms with Gasteiger partial charge in [-0.05, 0) is 6.92 Å². The van der Waals surface area contributed by atoms with E-state index in [2.05, 4.69) is 21.4 Å². The highest BCUT2D eigenvalue weighted by Gasteiger charge is 1.90. The number of hydrogen-bond acceptors (Lipinski definition) is 5. The molecule has 1 amide bonds. The summed E-state index contributed by atoms with van der Waals surface area (Å²) in [6.45, 7) is 2.27. The maximum atomic E-state index is 10.2. The molecule has 78 valence electrons. The van der Waals surface area contributed by atoms with Gasteiger partial charge in [0.05, 0.1) is 0 Å². The van der Waals surface area contributed by atoms with Crippen molar-refractivity contribution < 1.29 is 4.79 Å². The molecule has 0 radical (unpaired) electrons. The van der Waals surface area contributed by atoms with Crippen LogP contribution < -0.4 is 22.0 Å². The Hall–Kier alpha value is -1.14. The van der Waals surface area contributed by atoms with Crippen molar-refractivity contribution in [2.24, 2.45) is 10.8 Å². The Kier molecular flexibility index (Phi) is 14.9. The summed E-state index contributed by atoms with van der Waals surface area (Å²) in [4.78, 5) is 10.2. The van der Waals surface area contributed by atoms with Gasteiger partial charge in [0.15, 0.2) is 0 Å². The first kappa shape index (κ1) is 14.4. The minimum absolute atomic E-state index is 0.00231. The lowest BCUT2D eigenvalue weighted by atomic mass is 10.4.